The highest BCUT2D eigenvalue weighted by molar-refractivity contribution is 5.38. The molecule has 2 nitrogen and oxygen atoms in total. The van der Waals surface area contributed by atoms with E-state index in [-0.39, 0.29) is 11.9 Å². The highest BCUT2D eigenvalue weighted by atomic mass is 19.1. The molecule has 0 bridgehead atoms. The Labute approximate surface area is 111 Å². The van der Waals surface area contributed by atoms with Gasteiger partial charge in [-0.05, 0) is 42.2 Å². The molecule has 0 aromatic heterocycles. The van der Waals surface area contributed by atoms with E-state index in [0.717, 1.165) is 18.4 Å². The highest BCUT2D eigenvalue weighted by Gasteiger charge is 2.24. The van der Waals surface area contributed by atoms with Crippen molar-refractivity contribution in [1.29, 1.82) is 5.26 Å². The number of hydrogen-bond acceptors (Lipinski definition) is 2. The number of halogens is 1. The summed E-state index contributed by atoms with van der Waals surface area (Å²) in [5, 5.41) is 8.71. The molecule has 2 aromatic rings. The molecule has 0 spiro atoms. The molecular formula is C16H12FNO. The van der Waals surface area contributed by atoms with E-state index < -0.39 is 5.82 Å². The Hall–Kier alpha value is -2.34. The van der Waals surface area contributed by atoms with Gasteiger partial charge in [-0.25, -0.2) is 4.39 Å². The summed E-state index contributed by atoms with van der Waals surface area (Å²) >= 11 is 0. The van der Waals surface area contributed by atoms with Crippen molar-refractivity contribution >= 4 is 0 Å². The molecule has 0 saturated carbocycles. The molecule has 0 fully saturated rings. The zero-order chi connectivity index (χ0) is 13.2. The van der Waals surface area contributed by atoms with Gasteiger partial charge in [0.05, 0.1) is 11.6 Å². The van der Waals surface area contributed by atoms with Crippen LogP contribution < -0.4 is 4.74 Å². The number of aryl methyl sites for hydroxylation is 1. The summed E-state index contributed by atoms with van der Waals surface area (Å²) in [4.78, 5) is 0. The van der Waals surface area contributed by atoms with Gasteiger partial charge < -0.3 is 4.74 Å². The minimum atomic E-state index is -0.483. The van der Waals surface area contributed by atoms with E-state index in [9.17, 15) is 4.39 Å². The average molecular weight is 253 g/mol. The molecule has 0 saturated heterocycles. The lowest BCUT2D eigenvalue weighted by Gasteiger charge is -2.15. The fraction of sp³-hybridized carbons (Fsp3) is 0.188. The third-order valence-corrected chi connectivity index (χ3v) is 3.41. The number of nitriles is 1. The molecule has 1 atom stereocenters. The largest absolute Gasteiger partial charge is 0.483 e. The van der Waals surface area contributed by atoms with Gasteiger partial charge in [-0.15, -0.1) is 0 Å². The molecular weight excluding hydrogens is 241 g/mol. The van der Waals surface area contributed by atoms with Gasteiger partial charge in [0.1, 0.15) is 6.10 Å². The molecule has 3 heteroatoms. The van der Waals surface area contributed by atoms with Crippen LogP contribution >= 0.6 is 0 Å². The van der Waals surface area contributed by atoms with Crippen LogP contribution in [0.1, 0.15) is 29.2 Å². The number of hydrogen-bond donors (Lipinski definition) is 0. The Morgan fingerprint density at radius 2 is 2.05 bits per heavy atom. The first-order chi connectivity index (χ1) is 9.28. The maximum absolute atomic E-state index is 13.8. The van der Waals surface area contributed by atoms with E-state index in [0.29, 0.717) is 5.56 Å². The molecule has 2 aromatic carbocycles. The second kappa shape index (κ2) is 4.74. The van der Waals surface area contributed by atoms with Crippen molar-refractivity contribution in [2.75, 3.05) is 0 Å². The fourth-order valence-electron chi connectivity index (χ4n) is 2.46. The number of benzene rings is 2. The van der Waals surface area contributed by atoms with E-state index in [4.69, 9.17) is 10.00 Å². The van der Waals surface area contributed by atoms with Crippen LogP contribution in [0.4, 0.5) is 4.39 Å². The first kappa shape index (κ1) is 11.7. The summed E-state index contributed by atoms with van der Waals surface area (Å²) in [6.07, 6.45) is 1.72. The zero-order valence-corrected chi connectivity index (χ0v) is 10.3. The van der Waals surface area contributed by atoms with Crippen molar-refractivity contribution in [2.24, 2.45) is 0 Å². The molecule has 1 aliphatic rings. The van der Waals surface area contributed by atoms with Gasteiger partial charge in [0, 0.05) is 0 Å². The van der Waals surface area contributed by atoms with Crippen molar-refractivity contribution in [2.45, 2.75) is 18.9 Å². The molecule has 0 heterocycles. The lowest BCUT2D eigenvalue weighted by atomic mass is 10.1. The second-order valence-corrected chi connectivity index (χ2v) is 4.60. The summed E-state index contributed by atoms with van der Waals surface area (Å²) in [5.74, 6) is -0.274. The van der Waals surface area contributed by atoms with Crippen LogP contribution in [0.2, 0.25) is 0 Å². The van der Waals surface area contributed by atoms with Crippen LogP contribution in [0, 0.1) is 17.1 Å². The maximum Gasteiger partial charge on any atom is 0.166 e. The van der Waals surface area contributed by atoms with E-state index in [1.807, 2.05) is 24.3 Å². The zero-order valence-electron chi connectivity index (χ0n) is 10.3. The van der Waals surface area contributed by atoms with Crippen LogP contribution in [0.5, 0.6) is 5.75 Å². The first-order valence-corrected chi connectivity index (χ1v) is 6.22. The van der Waals surface area contributed by atoms with Crippen molar-refractivity contribution in [3.8, 4) is 11.8 Å². The normalized spacial score (nSPS) is 16.7. The van der Waals surface area contributed by atoms with Crippen LogP contribution in [0.25, 0.3) is 0 Å². The predicted molar refractivity (Wildman–Crippen MR) is 69.2 cm³/mol. The summed E-state index contributed by atoms with van der Waals surface area (Å²) in [7, 11) is 0. The molecule has 94 valence electrons. The van der Waals surface area contributed by atoms with Crippen LogP contribution in [-0.4, -0.2) is 0 Å². The first-order valence-electron chi connectivity index (χ1n) is 6.22. The monoisotopic (exact) mass is 253 g/mol. The van der Waals surface area contributed by atoms with Crippen molar-refractivity contribution < 1.29 is 9.13 Å². The summed E-state index contributed by atoms with van der Waals surface area (Å²) in [6.45, 7) is 0. The predicted octanol–water partition coefficient (Wildman–Crippen LogP) is 3.76. The third kappa shape index (κ3) is 2.17. The molecule has 0 aliphatic heterocycles. The Morgan fingerprint density at radius 1 is 1.21 bits per heavy atom. The molecule has 1 unspecified atom stereocenters. The Kier molecular flexibility index (Phi) is 2.92. The van der Waals surface area contributed by atoms with Gasteiger partial charge in [-0.1, -0.05) is 24.3 Å². The maximum atomic E-state index is 13.8. The van der Waals surface area contributed by atoms with Gasteiger partial charge >= 0.3 is 0 Å². The minimum absolute atomic E-state index is 0.0985. The Bertz CT molecular complexity index is 660. The Balaban J connectivity index is 1.86. The van der Waals surface area contributed by atoms with E-state index in [1.165, 1.54) is 17.7 Å². The number of ether oxygens (including phenoxy) is 1. The lowest BCUT2D eigenvalue weighted by molar-refractivity contribution is 0.198. The smallest absolute Gasteiger partial charge is 0.166 e. The van der Waals surface area contributed by atoms with Gasteiger partial charge in [0.15, 0.2) is 11.6 Å². The van der Waals surface area contributed by atoms with Crippen LogP contribution in [0.15, 0.2) is 42.5 Å². The third-order valence-electron chi connectivity index (χ3n) is 3.41. The molecule has 0 N–H and O–H groups in total. The highest BCUT2D eigenvalue weighted by Crippen LogP contribution is 2.35. The van der Waals surface area contributed by atoms with Gasteiger partial charge in [0.2, 0.25) is 0 Å². The summed E-state index contributed by atoms with van der Waals surface area (Å²) in [5.41, 5.74) is 2.70. The number of rotatable bonds is 2. The topological polar surface area (TPSA) is 33.0 Å². The number of nitrogens with zero attached hydrogens (tertiary/aromatic N) is 1. The van der Waals surface area contributed by atoms with Crippen molar-refractivity contribution in [1.82, 2.24) is 0 Å². The van der Waals surface area contributed by atoms with Crippen molar-refractivity contribution in [3.63, 3.8) is 0 Å². The Morgan fingerprint density at radius 3 is 2.84 bits per heavy atom. The summed E-state index contributed by atoms with van der Waals surface area (Å²) in [6, 6.07) is 14.3. The standard InChI is InChI=1S/C16H12FNO/c17-14-9-11(10-18)5-7-16(14)19-15-8-6-12-3-1-2-4-13(12)15/h1-5,7,9,15H,6,8H2. The summed E-state index contributed by atoms with van der Waals surface area (Å²) < 4.78 is 19.5. The quantitative estimate of drug-likeness (QED) is 0.816. The van der Waals surface area contributed by atoms with Gasteiger partial charge in [0.25, 0.3) is 0 Å². The van der Waals surface area contributed by atoms with Gasteiger partial charge in [-0.3, -0.25) is 0 Å². The second-order valence-electron chi connectivity index (χ2n) is 4.60. The van der Waals surface area contributed by atoms with E-state index >= 15 is 0 Å². The molecule has 3 rings (SSSR count). The lowest BCUT2D eigenvalue weighted by Crippen LogP contribution is -2.04. The fourth-order valence-corrected chi connectivity index (χ4v) is 2.46. The molecule has 0 radical (unpaired) electrons. The van der Waals surface area contributed by atoms with E-state index in [1.54, 1.807) is 6.07 Å². The van der Waals surface area contributed by atoms with Crippen LogP contribution in [-0.2, 0) is 6.42 Å². The SMILES string of the molecule is N#Cc1ccc(OC2CCc3ccccc32)c(F)c1. The molecule has 1 aliphatic carbocycles. The van der Waals surface area contributed by atoms with Crippen molar-refractivity contribution in [3.05, 3.63) is 65.0 Å². The minimum Gasteiger partial charge on any atom is -0.483 e. The van der Waals surface area contributed by atoms with Gasteiger partial charge in [-0.2, -0.15) is 5.26 Å². The van der Waals surface area contributed by atoms with E-state index in [2.05, 4.69) is 6.07 Å². The average Bonchev–Trinajstić information content (AvgIpc) is 2.84. The van der Waals surface area contributed by atoms with Crippen LogP contribution in [0.3, 0.4) is 0 Å². The number of fused-ring (bicyclic) bond motifs is 1. The molecule has 0 amide bonds. The molecule has 19 heavy (non-hydrogen) atoms.